The highest BCUT2D eigenvalue weighted by molar-refractivity contribution is 6.30. The number of carbonyl (C=O) groups is 1. The lowest BCUT2D eigenvalue weighted by Crippen LogP contribution is -2.11. The molecule has 0 unspecified atom stereocenters. The maximum Gasteiger partial charge on any atom is 0.248 e. The molecule has 0 spiro atoms. The predicted molar refractivity (Wildman–Crippen MR) is 91.1 cm³/mol. The Labute approximate surface area is 135 Å². The molecule has 2 N–H and O–H groups in total. The second-order valence-corrected chi connectivity index (χ2v) is 5.29. The smallest absolute Gasteiger partial charge is 0.248 e. The Kier molecular flexibility index (Phi) is 5.61. The van der Waals surface area contributed by atoms with Crippen LogP contribution >= 0.6 is 11.6 Å². The first-order chi connectivity index (χ1) is 10.6. The third-order valence-electron chi connectivity index (χ3n) is 3.08. The summed E-state index contributed by atoms with van der Waals surface area (Å²) in [4.78, 5) is 11.3. The first kappa shape index (κ1) is 16.1. The summed E-state index contributed by atoms with van der Waals surface area (Å²) >= 11 is 5.87. The molecule has 22 heavy (non-hydrogen) atoms. The summed E-state index contributed by atoms with van der Waals surface area (Å²) in [5.41, 5.74) is 7.62. The fourth-order valence-electron chi connectivity index (χ4n) is 1.94. The molecule has 0 heterocycles. The van der Waals surface area contributed by atoms with Crippen LogP contribution in [0.25, 0.3) is 12.2 Å². The molecule has 0 aliphatic carbocycles. The maximum absolute atomic E-state index is 11.3. The molecule has 0 radical (unpaired) electrons. The molecule has 114 valence electrons. The molecule has 2 aromatic carbocycles. The highest BCUT2D eigenvalue weighted by Gasteiger charge is 2.06. The van der Waals surface area contributed by atoms with Gasteiger partial charge >= 0.3 is 0 Å². The summed E-state index contributed by atoms with van der Waals surface area (Å²) in [7, 11) is 0. The third-order valence-corrected chi connectivity index (χ3v) is 3.33. The summed E-state index contributed by atoms with van der Waals surface area (Å²) in [5, 5.41) is 0.694. The van der Waals surface area contributed by atoms with Crippen molar-refractivity contribution >= 4 is 29.7 Å². The minimum atomic E-state index is -0.455. The van der Waals surface area contributed by atoms with E-state index in [2.05, 4.69) is 0 Å². The van der Waals surface area contributed by atoms with E-state index in [1.54, 1.807) is 18.2 Å². The average molecular weight is 316 g/mol. The fourth-order valence-corrected chi connectivity index (χ4v) is 2.06. The Balaban J connectivity index is 2.30. The van der Waals surface area contributed by atoms with E-state index in [-0.39, 0.29) is 0 Å². The van der Waals surface area contributed by atoms with E-state index >= 15 is 0 Å². The zero-order valence-electron chi connectivity index (χ0n) is 12.4. The van der Waals surface area contributed by atoms with Crippen molar-refractivity contribution in [2.75, 3.05) is 6.61 Å². The second kappa shape index (κ2) is 7.66. The normalized spacial score (nSPS) is 10.8. The van der Waals surface area contributed by atoms with Gasteiger partial charge in [0.25, 0.3) is 0 Å². The first-order valence-electron chi connectivity index (χ1n) is 7.10. The van der Waals surface area contributed by atoms with Crippen LogP contribution in [0.2, 0.25) is 5.02 Å². The second-order valence-electron chi connectivity index (χ2n) is 4.85. The largest absolute Gasteiger partial charge is 0.493 e. The van der Waals surface area contributed by atoms with E-state index in [1.165, 1.54) is 0 Å². The number of hydrogen-bond donors (Lipinski definition) is 1. The molecule has 0 atom stereocenters. The van der Waals surface area contributed by atoms with Crippen LogP contribution in [-0.2, 0) is 0 Å². The Morgan fingerprint density at radius 1 is 1.18 bits per heavy atom. The molecule has 0 fully saturated rings. The van der Waals surface area contributed by atoms with Gasteiger partial charge < -0.3 is 10.5 Å². The Hall–Kier alpha value is -2.26. The molecule has 0 saturated carbocycles. The van der Waals surface area contributed by atoms with Gasteiger partial charge in [0.05, 0.1) is 6.61 Å². The zero-order chi connectivity index (χ0) is 15.9. The van der Waals surface area contributed by atoms with Gasteiger partial charge in [-0.15, -0.1) is 0 Å². The van der Waals surface area contributed by atoms with Gasteiger partial charge in [0.2, 0.25) is 5.91 Å². The molecule has 0 saturated heterocycles. The number of primary amides is 1. The summed E-state index contributed by atoms with van der Waals surface area (Å²) in [6.07, 6.45) is 4.76. The molecule has 3 nitrogen and oxygen atoms in total. The van der Waals surface area contributed by atoms with Crippen LogP contribution in [0.15, 0.2) is 42.5 Å². The molecule has 2 aromatic rings. The topological polar surface area (TPSA) is 52.3 Å². The lowest BCUT2D eigenvalue weighted by atomic mass is 10.1. The number of carbonyl (C=O) groups excluding carboxylic acids is 1. The average Bonchev–Trinajstić information content (AvgIpc) is 2.52. The monoisotopic (exact) mass is 315 g/mol. The molecule has 0 bridgehead atoms. The standard InChI is InChI=1S/C18H18ClNO2/c1-2-11-22-17-10-7-15(18(20)21)12-14(17)6-3-13-4-8-16(19)9-5-13/h3-10,12H,2,11H2,1H3,(H2,20,21)/b6-3+. The number of ether oxygens (including phenoxy) is 1. The van der Waals surface area contributed by atoms with Crippen molar-refractivity contribution in [3.63, 3.8) is 0 Å². The fraction of sp³-hybridized carbons (Fsp3) is 0.167. The number of rotatable bonds is 6. The number of halogens is 1. The zero-order valence-corrected chi connectivity index (χ0v) is 13.1. The quantitative estimate of drug-likeness (QED) is 0.803. The molecule has 0 aromatic heterocycles. The van der Waals surface area contributed by atoms with Crippen LogP contribution in [0, 0.1) is 0 Å². The van der Waals surface area contributed by atoms with Gasteiger partial charge in [-0.1, -0.05) is 42.8 Å². The minimum absolute atomic E-state index is 0.455. The van der Waals surface area contributed by atoms with Crippen LogP contribution in [0.3, 0.4) is 0 Å². The van der Waals surface area contributed by atoms with Crippen molar-refractivity contribution in [1.29, 1.82) is 0 Å². The molecular weight excluding hydrogens is 298 g/mol. The van der Waals surface area contributed by atoms with Crippen molar-refractivity contribution in [3.05, 3.63) is 64.2 Å². The van der Waals surface area contributed by atoms with Crippen molar-refractivity contribution < 1.29 is 9.53 Å². The number of hydrogen-bond acceptors (Lipinski definition) is 2. The van der Waals surface area contributed by atoms with E-state index in [9.17, 15) is 4.79 Å². The van der Waals surface area contributed by atoms with E-state index < -0.39 is 5.91 Å². The van der Waals surface area contributed by atoms with Crippen molar-refractivity contribution in [2.45, 2.75) is 13.3 Å². The highest BCUT2D eigenvalue weighted by Crippen LogP contribution is 2.23. The summed E-state index contributed by atoms with van der Waals surface area (Å²) in [6, 6.07) is 12.7. The van der Waals surface area contributed by atoms with Crippen molar-refractivity contribution in [1.82, 2.24) is 0 Å². The molecule has 0 aliphatic heterocycles. The Bertz CT molecular complexity index is 678. The van der Waals surface area contributed by atoms with Gasteiger partial charge in [-0.25, -0.2) is 0 Å². The molecule has 0 aliphatic rings. The van der Waals surface area contributed by atoms with Gasteiger partial charge in [0.15, 0.2) is 0 Å². The van der Waals surface area contributed by atoms with E-state index in [1.807, 2.05) is 43.3 Å². The van der Waals surface area contributed by atoms with Crippen LogP contribution in [-0.4, -0.2) is 12.5 Å². The number of nitrogens with two attached hydrogens (primary N) is 1. The van der Waals surface area contributed by atoms with Gasteiger partial charge in [-0.3, -0.25) is 4.79 Å². The Morgan fingerprint density at radius 2 is 1.91 bits per heavy atom. The Morgan fingerprint density at radius 3 is 2.55 bits per heavy atom. The lowest BCUT2D eigenvalue weighted by Gasteiger charge is -2.09. The SMILES string of the molecule is CCCOc1ccc(C(N)=O)cc1/C=C/c1ccc(Cl)cc1. The molecule has 2 rings (SSSR count). The van der Waals surface area contributed by atoms with Crippen LogP contribution < -0.4 is 10.5 Å². The summed E-state index contributed by atoms with van der Waals surface area (Å²) in [6.45, 7) is 2.67. The summed E-state index contributed by atoms with van der Waals surface area (Å²) < 4.78 is 5.70. The molecule has 1 amide bonds. The number of amides is 1. The summed E-state index contributed by atoms with van der Waals surface area (Å²) in [5.74, 6) is 0.278. The van der Waals surface area contributed by atoms with Crippen LogP contribution in [0.4, 0.5) is 0 Å². The highest BCUT2D eigenvalue weighted by atomic mass is 35.5. The van der Waals surface area contributed by atoms with Gasteiger partial charge in [-0.2, -0.15) is 0 Å². The van der Waals surface area contributed by atoms with Gasteiger partial charge in [0.1, 0.15) is 5.75 Å². The van der Waals surface area contributed by atoms with Gasteiger partial charge in [-0.05, 0) is 42.3 Å². The first-order valence-corrected chi connectivity index (χ1v) is 7.48. The third kappa shape index (κ3) is 4.37. The van der Waals surface area contributed by atoms with Crippen molar-refractivity contribution in [3.8, 4) is 5.75 Å². The molecule has 4 heteroatoms. The minimum Gasteiger partial charge on any atom is -0.493 e. The molecular formula is C18H18ClNO2. The van der Waals surface area contributed by atoms with Gasteiger partial charge in [0, 0.05) is 16.1 Å². The van der Waals surface area contributed by atoms with Crippen molar-refractivity contribution in [2.24, 2.45) is 5.73 Å². The predicted octanol–water partition coefficient (Wildman–Crippen LogP) is 4.40. The number of benzene rings is 2. The van der Waals surface area contributed by atoms with Crippen LogP contribution in [0.1, 0.15) is 34.8 Å². The van der Waals surface area contributed by atoms with E-state index in [0.29, 0.717) is 17.2 Å². The van der Waals surface area contributed by atoms with E-state index in [4.69, 9.17) is 22.1 Å². The maximum atomic E-state index is 11.3. The van der Waals surface area contributed by atoms with Crippen LogP contribution in [0.5, 0.6) is 5.75 Å². The van der Waals surface area contributed by atoms with E-state index in [0.717, 1.165) is 23.3 Å². The lowest BCUT2D eigenvalue weighted by molar-refractivity contribution is 0.1000.